The lowest BCUT2D eigenvalue weighted by molar-refractivity contribution is -0.143. The molecule has 2 unspecified atom stereocenters. The molecule has 0 amide bonds. The van der Waals surface area contributed by atoms with Gasteiger partial charge in [-0.05, 0) is 48.7 Å². The number of rotatable bonds is 7. The Morgan fingerprint density at radius 3 is 2.48 bits per heavy atom. The first-order valence-corrected chi connectivity index (χ1v) is 11.0. The molecule has 1 fully saturated rings. The average molecular weight is 436 g/mol. The second-order valence-corrected chi connectivity index (χ2v) is 8.37. The number of halogens is 1. The van der Waals surface area contributed by atoms with E-state index in [-0.39, 0.29) is 12.0 Å². The van der Waals surface area contributed by atoms with Crippen LogP contribution in [-0.2, 0) is 11.4 Å². The molecular weight excluding hydrogens is 410 g/mol. The summed E-state index contributed by atoms with van der Waals surface area (Å²) in [4.78, 5) is 14.0. The fourth-order valence-electron chi connectivity index (χ4n) is 4.25. The number of likely N-dealkylation sites (tertiary alicyclic amines) is 1. The summed E-state index contributed by atoms with van der Waals surface area (Å²) in [6.45, 7) is 1.82. The molecular formula is C26H26ClNO3. The lowest BCUT2D eigenvalue weighted by Gasteiger charge is -2.38. The van der Waals surface area contributed by atoms with Gasteiger partial charge in [-0.3, -0.25) is 9.69 Å². The standard InChI is InChI=1S/C26H26ClNO3/c27-22-14-12-20(13-15-22)25(28-16-6-9-21(17-28)26(29)30)23-10-4-5-11-24(23)31-18-19-7-2-1-3-8-19/h1-5,7-8,10-15,21,25H,6,9,16-18H2,(H,29,30). The van der Waals surface area contributed by atoms with Crippen LogP contribution < -0.4 is 4.74 Å². The van der Waals surface area contributed by atoms with Gasteiger partial charge in [0.1, 0.15) is 12.4 Å². The molecule has 4 rings (SSSR count). The van der Waals surface area contributed by atoms with Gasteiger partial charge in [0, 0.05) is 17.1 Å². The van der Waals surface area contributed by atoms with Crippen LogP contribution in [0.2, 0.25) is 5.02 Å². The molecule has 3 aromatic rings. The molecule has 1 saturated heterocycles. The molecule has 0 saturated carbocycles. The summed E-state index contributed by atoms with van der Waals surface area (Å²) >= 11 is 6.15. The van der Waals surface area contributed by atoms with Gasteiger partial charge in [-0.25, -0.2) is 0 Å². The fourth-order valence-corrected chi connectivity index (χ4v) is 4.37. The number of nitrogens with zero attached hydrogens (tertiary/aromatic N) is 1. The molecule has 1 heterocycles. The van der Waals surface area contributed by atoms with Crippen molar-refractivity contribution in [2.75, 3.05) is 13.1 Å². The number of piperidine rings is 1. The number of hydrogen-bond acceptors (Lipinski definition) is 3. The molecule has 4 nitrogen and oxygen atoms in total. The first-order valence-electron chi connectivity index (χ1n) is 10.6. The van der Waals surface area contributed by atoms with Crippen LogP contribution in [0.1, 0.15) is 35.6 Å². The number of carbonyl (C=O) groups is 1. The van der Waals surface area contributed by atoms with Crippen molar-refractivity contribution in [1.82, 2.24) is 4.90 Å². The summed E-state index contributed by atoms with van der Waals surface area (Å²) in [5.74, 6) is -0.280. The van der Waals surface area contributed by atoms with Gasteiger partial charge in [0.05, 0.1) is 12.0 Å². The summed E-state index contributed by atoms with van der Waals surface area (Å²) in [6.07, 6.45) is 1.57. The summed E-state index contributed by atoms with van der Waals surface area (Å²) in [5.41, 5.74) is 3.21. The molecule has 0 aliphatic carbocycles. The number of ether oxygens (including phenoxy) is 1. The number of hydrogen-bond donors (Lipinski definition) is 1. The van der Waals surface area contributed by atoms with Gasteiger partial charge in [-0.1, -0.05) is 72.3 Å². The summed E-state index contributed by atoms with van der Waals surface area (Å²) in [7, 11) is 0. The van der Waals surface area contributed by atoms with Gasteiger partial charge in [0.15, 0.2) is 0 Å². The second kappa shape index (κ2) is 9.99. The quantitative estimate of drug-likeness (QED) is 0.509. The number of aliphatic carboxylic acids is 1. The topological polar surface area (TPSA) is 49.8 Å². The van der Waals surface area contributed by atoms with E-state index in [1.54, 1.807) is 0 Å². The first kappa shape index (κ1) is 21.4. The third-order valence-electron chi connectivity index (χ3n) is 5.80. The van der Waals surface area contributed by atoms with Gasteiger partial charge in [0.2, 0.25) is 0 Å². The maximum absolute atomic E-state index is 11.7. The first-order chi connectivity index (χ1) is 15.1. The minimum absolute atomic E-state index is 0.105. The van der Waals surface area contributed by atoms with E-state index >= 15 is 0 Å². The zero-order chi connectivity index (χ0) is 21.6. The van der Waals surface area contributed by atoms with Crippen LogP contribution in [0, 0.1) is 5.92 Å². The second-order valence-electron chi connectivity index (χ2n) is 7.94. The number of carboxylic acids is 1. The van der Waals surface area contributed by atoms with Crippen LogP contribution >= 0.6 is 11.6 Å². The molecule has 2 atom stereocenters. The molecule has 1 N–H and O–H groups in total. The number of para-hydroxylation sites is 1. The lowest BCUT2D eigenvalue weighted by atomic mass is 9.91. The normalized spacial score (nSPS) is 17.8. The van der Waals surface area contributed by atoms with Gasteiger partial charge in [-0.15, -0.1) is 0 Å². The van der Waals surface area contributed by atoms with Gasteiger partial charge < -0.3 is 9.84 Å². The van der Waals surface area contributed by atoms with E-state index < -0.39 is 5.97 Å². The van der Waals surface area contributed by atoms with Crippen molar-refractivity contribution in [1.29, 1.82) is 0 Å². The SMILES string of the molecule is O=C(O)C1CCCN(C(c2ccc(Cl)cc2)c2ccccc2OCc2ccccc2)C1. The number of benzene rings is 3. The number of carboxylic acid groups (broad SMARTS) is 1. The Hall–Kier alpha value is -2.82. The van der Waals surface area contributed by atoms with Crippen LogP contribution in [0.4, 0.5) is 0 Å². The van der Waals surface area contributed by atoms with E-state index in [4.69, 9.17) is 16.3 Å². The fraction of sp³-hybridized carbons (Fsp3) is 0.269. The molecule has 0 aromatic heterocycles. The Labute approximate surface area is 188 Å². The Morgan fingerprint density at radius 1 is 1.03 bits per heavy atom. The highest BCUT2D eigenvalue weighted by Gasteiger charge is 2.32. The highest BCUT2D eigenvalue weighted by atomic mass is 35.5. The van der Waals surface area contributed by atoms with E-state index in [1.807, 2.05) is 72.8 Å². The van der Waals surface area contributed by atoms with Crippen molar-refractivity contribution in [3.8, 4) is 5.75 Å². The molecule has 5 heteroatoms. The predicted molar refractivity (Wildman–Crippen MR) is 122 cm³/mol. The Morgan fingerprint density at radius 2 is 1.74 bits per heavy atom. The highest BCUT2D eigenvalue weighted by Crippen LogP contribution is 2.37. The Bertz CT molecular complexity index is 1010. The molecule has 160 valence electrons. The van der Waals surface area contributed by atoms with Crippen LogP contribution in [0.3, 0.4) is 0 Å². The molecule has 0 radical (unpaired) electrons. The predicted octanol–water partition coefficient (Wildman–Crippen LogP) is 5.81. The zero-order valence-electron chi connectivity index (χ0n) is 17.3. The van der Waals surface area contributed by atoms with Crippen LogP contribution in [-0.4, -0.2) is 29.1 Å². The minimum Gasteiger partial charge on any atom is -0.489 e. The van der Waals surface area contributed by atoms with Crippen molar-refractivity contribution in [3.05, 3.63) is 101 Å². The molecule has 0 spiro atoms. The Balaban J connectivity index is 1.68. The van der Waals surface area contributed by atoms with E-state index in [2.05, 4.69) is 11.0 Å². The lowest BCUT2D eigenvalue weighted by Crippen LogP contribution is -2.41. The molecule has 31 heavy (non-hydrogen) atoms. The van der Waals surface area contributed by atoms with Crippen molar-refractivity contribution in [2.24, 2.45) is 5.92 Å². The van der Waals surface area contributed by atoms with Gasteiger partial charge in [0.25, 0.3) is 0 Å². The summed E-state index contributed by atoms with van der Waals surface area (Å²) < 4.78 is 6.25. The van der Waals surface area contributed by atoms with Crippen molar-refractivity contribution in [2.45, 2.75) is 25.5 Å². The van der Waals surface area contributed by atoms with E-state index in [9.17, 15) is 9.90 Å². The van der Waals surface area contributed by atoms with Crippen molar-refractivity contribution in [3.63, 3.8) is 0 Å². The minimum atomic E-state index is -0.729. The van der Waals surface area contributed by atoms with Crippen molar-refractivity contribution >= 4 is 17.6 Å². The van der Waals surface area contributed by atoms with E-state index in [0.717, 1.165) is 35.4 Å². The van der Waals surface area contributed by atoms with Crippen LogP contribution in [0.15, 0.2) is 78.9 Å². The summed E-state index contributed by atoms with van der Waals surface area (Å²) in [5, 5.41) is 10.3. The van der Waals surface area contributed by atoms with Gasteiger partial charge in [-0.2, -0.15) is 0 Å². The third-order valence-corrected chi connectivity index (χ3v) is 6.06. The third kappa shape index (κ3) is 5.27. The van der Waals surface area contributed by atoms with E-state index in [1.165, 1.54) is 0 Å². The maximum Gasteiger partial charge on any atom is 0.307 e. The monoisotopic (exact) mass is 435 g/mol. The van der Waals surface area contributed by atoms with Gasteiger partial charge >= 0.3 is 5.97 Å². The molecule has 1 aliphatic heterocycles. The molecule has 0 bridgehead atoms. The average Bonchev–Trinajstić information content (AvgIpc) is 2.81. The smallest absolute Gasteiger partial charge is 0.307 e. The van der Waals surface area contributed by atoms with Crippen molar-refractivity contribution < 1.29 is 14.6 Å². The van der Waals surface area contributed by atoms with Crippen LogP contribution in [0.5, 0.6) is 5.75 Å². The molecule has 3 aromatic carbocycles. The largest absolute Gasteiger partial charge is 0.489 e. The zero-order valence-corrected chi connectivity index (χ0v) is 18.0. The highest BCUT2D eigenvalue weighted by molar-refractivity contribution is 6.30. The van der Waals surface area contributed by atoms with E-state index in [0.29, 0.717) is 24.6 Å². The van der Waals surface area contributed by atoms with Crippen LogP contribution in [0.25, 0.3) is 0 Å². The molecule has 1 aliphatic rings. The Kier molecular flexibility index (Phi) is 6.90. The maximum atomic E-state index is 11.7. The summed E-state index contributed by atoms with van der Waals surface area (Å²) in [6, 6.07) is 25.8.